The lowest BCUT2D eigenvalue weighted by Gasteiger charge is -2.07. The molecule has 0 aromatic carbocycles. The summed E-state index contributed by atoms with van der Waals surface area (Å²) >= 11 is 1.48. The minimum absolute atomic E-state index is 0.0787. The van der Waals surface area contributed by atoms with Gasteiger partial charge in [0.1, 0.15) is 5.76 Å². The van der Waals surface area contributed by atoms with Crippen LogP contribution in [0.5, 0.6) is 0 Å². The van der Waals surface area contributed by atoms with E-state index in [2.05, 4.69) is 9.72 Å². The van der Waals surface area contributed by atoms with Crippen molar-refractivity contribution in [1.29, 1.82) is 0 Å². The van der Waals surface area contributed by atoms with Crippen LogP contribution in [0.15, 0.2) is 33.0 Å². The molecule has 0 aliphatic rings. The molecule has 0 spiro atoms. The summed E-state index contributed by atoms with van der Waals surface area (Å²) in [7, 11) is 0. The van der Waals surface area contributed by atoms with Crippen LogP contribution in [-0.2, 0) is 6.54 Å². The molecule has 5 heteroatoms. The van der Waals surface area contributed by atoms with Crippen LogP contribution < -0.4 is 5.43 Å². The minimum atomic E-state index is 0.0787. The number of thiophene rings is 1. The molecule has 0 radical (unpaired) electrons. The van der Waals surface area contributed by atoms with Crippen molar-refractivity contribution in [3.63, 3.8) is 0 Å². The molecule has 0 atom stereocenters. The van der Waals surface area contributed by atoms with Crippen LogP contribution in [0.2, 0.25) is 0 Å². The second kappa shape index (κ2) is 4.10. The van der Waals surface area contributed by atoms with Gasteiger partial charge < -0.3 is 9.09 Å². The van der Waals surface area contributed by atoms with E-state index in [4.69, 9.17) is 4.52 Å². The van der Waals surface area contributed by atoms with E-state index in [0.717, 1.165) is 27.2 Å². The average molecular weight is 260 g/mol. The molecule has 0 saturated heterocycles. The van der Waals surface area contributed by atoms with Gasteiger partial charge in [0.25, 0.3) is 0 Å². The summed E-state index contributed by atoms with van der Waals surface area (Å²) in [6.07, 6.45) is 1.82. The van der Waals surface area contributed by atoms with Crippen LogP contribution in [-0.4, -0.2) is 9.72 Å². The Balaban J connectivity index is 2.14. The van der Waals surface area contributed by atoms with Gasteiger partial charge in [-0.25, -0.2) is 0 Å². The van der Waals surface area contributed by atoms with Crippen LogP contribution >= 0.6 is 11.3 Å². The van der Waals surface area contributed by atoms with Gasteiger partial charge in [-0.05, 0) is 25.3 Å². The van der Waals surface area contributed by atoms with E-state index in [0.29, 0.717) is 6.54 Å². The molecule has 4 nitrogen and oxygen atoms in total. The van der Waals surface area contributed by atoms with Crippen LogP contribution in [0.4, 0.5) is 0 Å². The van der Waals surface area contributed by atoms with Crippen molar-refractivity contribution in [2.45, 2.75) is 20.4 Å². The molecule has 3 rings (SSSR count). The first-order valence-electron chi connectivity index (χ1n) is 5.65. The zero-order chi connectivity index (χ0) is 12.7. The van der Waals surface area contributed by atoms with Crippen LogP contribution in [0.1, 0.15) is 17.0 Å². The fraction of sp³-hybridized carbons (Fsp3) is 0.231. The third-order valence-electron chi connectivity index (χ3n) is 3.09. The van der Waals surface area contributed by atoms with Crippen molar-refractivity contribution in [2.24, 2.45) is 0 Å². The van der Waals surface area contributed by atoms with E-state index in [1.807, 2.05) is 31.5 Å². The van der Waals surface area contributed by atoms with Crippen molar-refractivity contribution in [1.82, 2.24) is 9.72 Å². The van der Waals surface area contributed by atoms with E-state index in [1.54, 1.807) is 6.07 Å². The van der Waals surface area contributed by atoms with Crippen LogP contribution in [0.25, 0.3) is 10.2 Å². The zero-order valence-electron chi connectivity index (χ0n) is 10.1. The molecule has 0 bridgehead atoms. The van der Waals surface area contributed by atoms with Crippen LogP contribution in [0.3, 0.4) is 0 Å². The summed E-state index contributed by atoms with van der Waals surface area (Å²) in [5.74, 6) is 0.828. The normalized spacial score (nSPS) is 11.2. The maximum atomic E-state index is 11.7. The van der Waals surface area contributed by atoms with E-state index in [9.17, 15) is 4.79 Å². The summed E-state index contributed by atoms with van der Waals surface area (Å²) < 4.78 is 8.01. The fourth-order valence-corrected chi connectivity index (χ4v) is 2.89. The molecule has 0 amide bonds. The number of aryl methyl sites for hydroxylation is 2. The molecule has 0 unspecified atom stereocenters. The highest BCUT2D eigenvalue weighted by molar-refractivity contribution is 7.17. The lowest BCUT2D eigenvalue weighted by molar-refractivity contribution is 0.392. The quantitative estimate of drug-likeness (QED) is 0.711. The molecular weight excluding hydrogens is 248 g/mol. The molecule has 3 aromatic heterocycles. The summed E-state index contributed by atoms with van der Waals surface area (Å²) in [4.78, 5) is 11.7. The molecule has 3 heterocycles. The molecule has 0 saturated carbocycles. The largest absolute Gasteiger partial charge is 0.361 e. The number of hydrogen-bond acceptors (Lipinski definition) is 4. The Hall–Kier alpha value is -1.88. The maximum Gasteiger partial charge on any atom is 0.199 e. The van der Waals surface area contributed by atoms with E-state index in [1.165, 1.54) is 11.3 Å². The lowest BCUT2D eigenvalue weighted by atomic mass is 10.2. The first-order chi connectivity index (χ1) is 8.66. The predicted molar refractivity (Wildman–Crippen MR) is 71.2 cm³/mol. The Morgan fingerprint density at radius 2 is 2.22 bits per heavy atom. The Morgan fingerprint density at radius 1 is 1.39 bits per heavy atom. The van der Waals surface area contributed by atoms with E-state index >= 15 is 0 Å². The second-order valence-corrected chi connectivity index (χ2v) is 5.16. The molecular formula is C13H12N2O2S. The van der Waals surface area contributed by atoms with Gasteiger partial charge in [0.2, 0.25) is 0 Å². The summed E-state index contributed by atoms with van der Waals surface area (Å²) in [6, 6.07) is 3.58. The molecule has 18 heavy (non-hydrogen) atoms. The smallest absolute Gasteiger partial charge is 0.199 e. The minimum Gasteiger partial charge on any atom is -0.361 e. The number of nitrogens with zero attached hydrogens (tertiary/aromatic N) is 2. The second-order valence-electron chi connectivity index (χ2n) is 4.25. The molecule has 0 fully saturated rings. The van der Waals surface area contributed by atoms with E-state index in [-0.39, 0.29) is 5.43 Å². The molecule has 0 N–H and O–H groups in total. The molecule has 3 aromatic rings. The number of rotatable bonds is 2. The molecule has 0 aliphatic heterocycles. The van der Waals surface area contributed by atoms with Crippen molar-refractivity contribution in [3.05, 3.63) is 51.0 Å². The average Bonchev–Trinajstić information content (AvgIpc) is 2.94. The van der Waals surface area contributed by atoms with Crippen LogP contribution in [0, 0.1) is 13.8 Å². The first-order valence-corrected chi connectivity index (χ1v) is 6.53. The third kappa shape index (κ3) is 1.67. The zero-order valence-corrected chi connectivity index (χ0v) is 11.0. The van der Waals surface area contributed by atoms with Gasteiger partial charge in [-0.1, -0.05) is 5.16 Å². The summed E-state index contributed by atoms with van der Waals surface area (Å²) in [6.45, 7) is 4.51. The highest BCUT2D eigenvalue weighted by Crippen LogP contribution is 2.20. The first kappa shape index (κ1) is 11.2. The van der Waals surface area contributed by atoms with Crippen molar-refractivity contribution >= 4 is 21.6 Å². The number of hydrogen-bond donors (Lipinski definition) is 0. The fourth-order valence-electron chi connectivity index (χ4n) is 2.06. The van der Waals surface area contributed by atoms with Gasteiger partial charge in [0, 0.05) is 17.8 Å². The topological polar surface area (TPSA) is 48.0 Å². The van der Waals surface area contributed by atoms with Crippen molar-refractivity contribution in [2.75, 3.05) is 0 Å². The highest BCUT2D eigenvalue weighted by Gasteiger charge is 2.11. The number of fused-ring (bicyclic) bond motifs is 1. The van der Waals surface area contributed by atoms with Crippen molar-refractivity contribution in [3.8, 4) is 0 Å². The van der Waals surface area contributed by atoms with Gasteiger partial charge in [-0.2, -0.15) is 0 Å². The Bertz CT molecular complexity index is 747. The third-order valence-corrected chi connectivity index (χ3v) is 4.01. The SMILES string of the molecule is Cc1noc(C)c1Cn1ccc(=O)c2sccc21. The lowest BCUT2D eigenvalue weighted by Crippen LogP contribution is -2.07. The van der Waals surface area contributed by atoms with E-state index < -0.39 is 0 Å². The van der Waals surface area contributed by atoms with Gasteiger partial charge in [-0.15, -0.1) is 11.3 Å². The van der Waals surface area contributed by atoms with Gasteiger partial charge >= 0.3 is 0 Å². The molecule has 92 valence electrons. The summed E-state index contributed by atoms with van der Waals surface area (Å²) in [5, 5.41) is 5.89. The summed E-state index contributed by atoms with van der Waals surface area (Å²) in [5.41, 5.74) is 3.02. The standard InChI is InChI=1S/C13H12N2O2S/c1-8-10(9(2)17-14-8)7-15-5-3-12(16)13-11(15)4-6-18-13/h3-6H,7H2,1-2H3. The number of pyridine rings is 1. The van der Waals surface area contributed by atoms with Crippen molar-refractivity contribution < 1.29 is 4.52 Å². The predicted octanol–water partition coefficient (Wildman–Crippen LogP) is 2.72. The Labute approximate surface area is 107 Å². The van der Waals surface area contributed by atoms with Gasteiger partial charge in [0.05, 0.1) is 22.5 Å². The Kier molecular flexibility index (Phi) is 2.56. The van der Waals surface area contributed by atoms with Gasteiger partial charge in [-0.3, -0.25) is 4.79 Å². The Morgan fingerprint density at radius 3 is 2.94 bits per heavy atom. The highest BCUT2D eigenvalue weighted by atomic mass is 32.1. The molecule has 0 aliphatic carbocycles. The maximum absolute atomic E-state index is 11.7. The monoisotopic (exact) mass is 260 g/mol. The number of aromatic nitrogens is 2. The van der Waals surface area contributed by atoms with Gasteiger partial charge in [0.15, 0.2) is 5.43 Å².